The number of rotatable bonds is 6. The SMILES string of the molecule is CCOc1ccc2nc(NCCc3ccncc3)sc2c1. The van der Waals surface area contributed by atoms with Crippen LogP contribution in [0.2, 0.25) is 0 Å². The van der Waals surface area contributed by atoms with Crippen molar-refractivity contribution >= 4 is 26.7 Å². The second-order valence-corrected chi connectivity index (χ2v) is 5.64. The average molecular weight is 299 g/mol. The molecule has 1 aromatic carbocycles. The van der Waals surface area contributed by atoms with Gasteiger partial charge in [0.25, 0.3) is 0 Å². The zero-order valence-electron chi connectivity index (χ0n) is 11.9. The number of anilines is 1. The standard InChI is InChI=1S/C16H17N3OS/c1-2-20-13-3-4-14-15(11-13)21-16(19-14)18-10-7-12-5-8-17-9-6-12/h3-6,8-9,11H,2,7,10H2,1H3,(H,18,19). The molecule has 0 radical (unpaired) electrons. The van der Waals surface area contributed by atoms with Gasteiger partial charge >= 0.3 is 0 Å². The average Bonchev–Trinajstić information content (AvgIpc) is 2.91. The summed E-state index contributed by atoms with van der Waals surface area (Å²) in [5, 5.41) is 4.33. The van der Waals surface area contributed by atoms with Crippen molar-refractivity contribution in [3.8, 4) is 5.75 Å². The molecule has 21 heavy (non-hydrogen) atoms. The zero-order chi connectivity index (χ0) is 14.5. The molecule has 4 nitrogen and oxygen atoms in total. The summed E-state index contributed by atoms with van der Waals surface area (Å²) in [5.41, 5.74) is 2.28. The number of hydrogen-bond acceptors (Lipinski definition) is 5. The fourth-order valence-corrected chi connectivity index (χ4v) is 3.02. The van der Waals surface area contributed by atoms with Crippen molar-refractivity contribution in [1.29, 1.82) is 0 Å². The molecule has 2 aromatic heterocycles. The molecule has 0 atom stereocenters. The monoisotopic (exact) mass is 299 g/mol. The lowest BCUT2D eigenvalue weighted by Gasteiger charge is -2.01. The number of nitrogens with zero attached hydrogens (tertiary/aromatic N) is 2. The molecule has 2 heterocycles. The molecule has 0 spiro atoms. The molecular weight excluding hydrogens is 282 g/mol. The van der Waals surface area contributed by atoms with E-state index in [0.717, 1.165) is 34.1 Å². The lowest BCUT2D eigenvalue weighted by molar-refractivity contribution is 0.341. The van der Waals surface area contributed by atoms with E-state index >= 15 is 0 Å². The van der Waals surface area contributed by atoms with Gasteiger partial charge in [-0.1, -0.05) is 11.3 Å². The molecule has 0 aliphatic heterocycles. The first-order chi connectivity index (χ1) is 10.3. The van der Waals surface area contributed by atoms with Crippen LogP contribution >= 0.6 is 11.3 Å². The van der Waals surface area contributed by atoms with E-state index < -0.39 is 0 Å². The second kappa shape index (κ2) is 6.54. The molecule has 5 heteroatoms. The van der Waals surface area contributed by atoms with Crippen LogP contribution in [0.5, 0.6) is 5.75 Å². The van der Waals surface area contributed by atoms with E-state index in [2.05, 4.69) is 15.3 Å². The van der Waals surface area contributed by atoms with E-state index in [1.54, 1.807) is 11.3 Å². The maximum absolute atomic E-state index is 5.51. The highest BCUT2D eigenvalue weighted by Gasteiger charge is 2.05. The number of hydrogen-bond donors (Lipinski definition) is 1. The summed E-state index contributed by atoms with van der Waals surface area (Å²) in [6.45, 7) is 3.53. The Hall–Kier alpha value is -2.14. The van der Waals surface area contributed by atoms with Crippen molar-refractivity contribution in [3.63, 3.8) is 0 Å². The van der Waals surface area contributed by atoms with Gasteiger partial charge in [-0.05, 0) is 49.2 Å². The van der Waals surface area contributed by atoms with Gasteiger partial charge in [0.2, 0.25) is 0 Å². The molecule has 3 rings (SSSR count). The van der Waals surface area contributed by atoms with Crippen molar-refractivity contribution in [2.45, 2.75) is 13.3 Å². The van der Waals surface area contributed by atoms with Gasteiger partial charge in [0, 0.05) is 18.9 Å². The first-order valence-electron chi connectivity index (χ1n) is 7.01. The van der Waals surface area contributed by atoms with E-state index in [1.807, 2.05) is 49.6 Å². The van der Waals surface area contributed by atoms with Crippen molar-refractivity contribution in [2.24, 2.45) is 0 Å². The van der Waals surface area contributed by atoms with Gasteiger partial charge in [-0.3, -0.25) is 4.98 Å². The lowest BCUT2D eigenvalue weighted by atomic mass is 10.2. The fraction of sp³-hybridized carbons (Fsp3) is 0.250. The van der Waals surface area contributed by atoms with E-state index in [-0.39, 0.29) is 0 Å². The number of fused-ring (bicyclic) bond motifs is 1. The van der Waals surface area contributed by atoms with Crippen molar-refractivity contribution < 1.29 is 4.74 Å². The second-order valence-electron chi connectivity index (χ2n) is 4.61. The van der Waals surface area contributed by atoms with Crippen LogP contribution in [0, 0.1) is 0 Å². The highest BCUT2D eigenvalue weighted by Crippen LogP contribution is 2.29. The quantitative estimate of drug-likeness (QED) is 0.753. The van der Waals surface area contributed by atoms with Crippen molar-refractivity contribution in [3.05, 3.63) is 48.3 Å². The van der Waals surface area contributed by atoms with Gasteiger partial charge in [-0.2, -0.15) is 0 Å². The molecule has 0 saturated heterocycles. The van der Waals surface area contributed by atoms with Gasteiger partial charge in [0.05, 0.1) is 16.8 Å². The topological polar surface area (TPSA) is 47.0 Å². The summed E-state index contributed by atoms with van der Waals surface area (Å²) in [5.74, 6) is 0.900. The molecule has 108 valence electrons. The molecule has 0 amide bonds. The smallest absolute Gasteiger partial charge is 0.183 e. The molecule has 0 fully saturated rings. The van der Waals surface area contributed by atoms with Gasteiger partial charge < -0.3 is 10.1 Å². The van der Waals surface area contributed by atoms with Gasteiger partial charge in [-0.15, -0.1) is 0 Å². The van der Waals surface area contributed by atoms with E-state index in [0.29, 0.717) is 6.61 Å². The molecule has 1 N–H and O–H groups in total. The minimum Gasteiger partial charge on any atom is -0.494 e. The third-order valence-corrected chi connectivity index (χ3v) is 4.09. The predicted octanol–water partition coefficient (Wildman–Crippen LogP) is 3.74. The Morgan fingerprint density at radius 2 is 2.05 bits per heavy atom. The maximum atomic E-state index is 5.51. The lowest BCUT2D eigenvalue weighted by Crippen LogP contribution is -2.04. The molecule has 0 aliphatic carbocycles. The number of thiazole rings is 1. The minimum absolute atomic E-state index is 0.682. The summed E-state index contributed by atoms with van der Waals surface area (Å²) in [6.07, 6.45) is 4.60. The maximum Gasteiger partial charge on any atom is 0.183 e. The Morgan fingerprint density at radius 3 is 2.86 bits per heavy atom. The summed E-state index contributed by atoms with van der Waals surface area (Å²) >= 11 is 1.66. The normalized spacial score (nSPS) is 10.7. The van der Waals surface area contributed by atoms with Crippen LogP contribution in [0.4, 0.5) is 5.13 Å². The van der Waals surface area contributed by atoms with Crippen LogP contribution in [-0.2, 0) is 6.42 Å². The molecule has 3 aromatic rings. The Morgan fingerprint density at radius 1 is 1.19 bits per heavy atom. The Balaban J connectivity index is 1.64. The highest BCUT2D eigenvalue weighted by molar-refractivity contribution is 7.22. The van der Waals surface area contributed by atoms with Gasteiger partial charge in [0.15, 0.2) is 5.13 Å². The fourth-order valence-electron chi connectivity index (χ4n) is 2.10. The van der Waals surface area contributed by atoms with E-state index in [9.17, 15) is 0 Å². The van der Waals surface area contributed by atoms with Crippen LogP contribution in [0.25, 0.3) is 10.2 Å². The van der Waals surface area contributed by atoms with E-state index in [4.69, 9.17) is 4.74 Å². The predicted molar refractivity (Wildman–Crippen MR) is 87.2 cm³/mol. The van der Waals surface area contributed by atoms with Crippen LogP contribution in [0.3, 0.4) is 0 Å². The summed E-state index contributed by atoms with van der Waals surface area (Å²) < 4.78 is 6.66. The highest BCUT2D eigenvalue weighted by atomic mass is 32.1. The van der Waals surface area contributed by atoms with Crippen LogP contribution in [0.1, 0.15) is 12.5 Å². The third kappa shape index (κ3) is 3.49. The first-order valence-corrected chi connectivity index (χ1v) is 7.83. The molecule has 0 saturated carbocycles. The van der Waals surface area contributed by atoms with Crippen LogP contribution in [-0.4, -0.2) is 23.1 Å². The molecule has 0 aliphatic rings. The summed E-state index contributed by atoms with van der Waals surface area (Å²) in [6, 6.07) is 10.1. The molecule has 0 bridgehead atoms. The van der Waals surface area contributed by atoms with Crippen molar-refractivity contribution in [2.75, 3.05) is 18.5 Å². The zero-order valence-corrected chi connectivity index (χ0v) is 12.7. The van der Waals surface area contributed by atoms with Gasteiger partial charge in [0.1, 0.15) is 5.75 Å². The Labute approximate surface area is 127 Å². The third-order valence-electron chi connectivity index (χ3n) is 3.11. The van der Waals surface area contributed by atoms with E-state index in [1.165, 1.54) is 5.56 Å². The van der Waals surface area contributed by atoms with Crippen LogP contribution < -0.4 is 10.1 Å². The number of aromatic nitrogens is 2. The number of ether oxygens (including phenoxy) is 1. The van der Waals surface area contributed by atoms with Crippen molar-refractivity contribution in [1.82, 2.24) is 9.97 Å². The summed E-state index contributed by atoms with van der Waals surface area (Å²) in [7, 11) is 0. The van der Waals surface area contributed by atoms with Gasteiger partial charge in [-0.25, -0.2) is 4.98 Å². The Bertz CT molecular complexity index is 712. The number of benzene rings is 1. The number of pyridine rings is 1. The minimum atomic E-state index is 0.682. The summed E-state index contributed by atoms with van der Waals surface area (Å²) in [4.78, 5) is 8.61. The molecule has 0 unspecified atom stereocenters. The van der Waals surface area contributed by atoms with Crippen LogP contribution in [0.15, 0.2) is 42.7 Å². The molecular formula is C16H17N3OS. The Kier molecular flexibility index (Phi) is 4.31. The number of nitrogens with one attached hydrogen (secondary N) is 1. The largest absolute Gasteiger partial charge is 0.494 e. The first kappa shape index (κ1) is 13.8.